The van der Waals surface area contributed by atoms with Gasteiger partial charge in [0.05, 0.1) is 13.2 Å². The predicted molar refractivity (Wildman–Crippen MR) is 64.2 cm³/mol. The second-order valence-electron chi connectivity index (χ2n) is 3.98. The van der Waals surface area contributed by atoms with Gasteiger partial charge in [-0.15, -0.1) is 0 Å². The minimum atomic E-state index is -0.690. The maximum atomic E-state index is 13.6. The summed E-state index contributed by atoms with van der Waals surface area (Å²) in [6.45, 7) is 3.45. The van der Waals surface area contributed by atoms with E-state index in [0.29, 0.717) is 23.3 Å². The highest BCUT2D eigenvalue weighted by atomic mass is 19.1. The van der Waals surface area contributed by atoms with Crippen molar-refractivity contribution < 1.29 is 17.9 Å². The molecule has 0 bridgehead atoms. The summed E-state index contributed by atoms with van der Waals surface area (Å²) < 4.78 is 37.4. The van der Waals surface area contributed by atoms with E-state index >= 15 is 0 Å². The lowest BCUT2D eigenvalue weighted by Gasteiger charge is -2.02. The average molecular weight is 255 g/mol. The Morgan fingerprint density at radius 2 is 2.11 bits per heavy atom. The molecule has 2 rings (SSSR count). The van der Waals surface area contributed by atoms with Crippen LogP contribution in [0.5, 0.6) is 0 Å². The second kappa shape index (κ2) is 5.46. The Labute approximate surface area is 104 Å². The summed E-state index contributed by atoms with van der Waals surface area (Å²) in [6, 6.07) is 2.09. The molecule has 1 aromatic carbocycles. The van der Waals surface area contributed by atoms with E-state index in [-0.39, 0.29) is 12.2 Å². The smallest absolute Gasteiger partial charge is 0.170 e. The highest BCUT2D eigenvalue weighted by Gasteiger charge is 2.17. The third-order valence-corrected chi connectivity index (χ3v) is 2.72. The molecule has 0 aliphatic carbocycles. The van der Waals surface area contributed by atoms with E-state index < -0.39 is 11.6 Å². The highest BCUT2D eigenvalue weighted by Crippen LogP contribution is 2.29. The number of fused-ring (bicyclic) bond motifs is 1. The predicted octanol–water partition coefficient (Wildman–Crippen LogP) is 2.97. The van der Waals surface area contributed by atoms with E-state index in [0.717, 1.165) is 12.6 Å². The topological polar surface area (TPSA) is 34.4 Å². The first kappa shape index (κ1) is 13.0. The van der Waals surface area contributed by atoms with Gasteiger partial charge in [-0.3, -0.25) is 0 Å². The van der Waals surface area contributed by atoms with Crippen LogP contribution in [0.25, 0.3) is 11.0 Å². The van der Waals surface area contributed by atoms with Crippen LogP contribution in [0, 0.1) is 11.6 Å². The summed E-state index contributed by atoms with van der Waals surface area (Å²) in [7, 11) is 1.53. The SMILES string of the molecule is CCNCc1oc2c(F)cc(F)cc2c1COC. The molecule has 0 aliphatic heterocycles. The van der Waals surface area contributed by atoms with Crippen molar-refractivity contribution in [3.63, 3.8) is 0 Å². The number of furan rings is 1. The Kier molecular flexibility index (Phi) is 3.93. The lowest BCUT2D eigenvalue weighted by atomic mass is 10.1. The van der Waals surface area contributed by atoms with E-state index in [1.165, 1.54) is 13.2 Å². The zero-order valence-corrected chi connectivity index (χ0v) is 10.3. The van der Waals surface area contributed by atoms with Gasteiger partial charge < -0.3 is 14.5 Å². The quantitative estimate of drug-likeness (QED) is 0.892. The van der Waals surface area contributed by atoms with Crippen molar-refractivity contribution in [2.75, 3.05) is 13.7 Å². The monoisotopic (exact) mass is 255 g/mol. The fourth-order valence-electron chi connectivity index (χ4n) is 1.91. The Hall–Kier alpha value is -1.46. The molecule has 0 saturated heterocycles. The number of hydrogen-bond donors (Lipinski definition) is 1. The van der Waals surface area contributed by atoms with Gasteiger partial charge in [0.25, 0.3) is 0 Å². The summed E-state index contributed by atoms with van der Waals surface area (Å²) in [4.78, 5) is 0. The Morgan fingerprint density at radius 1 is 1.33 bits per heavy atom. The number of methoxy groups -OCH3 is 1. The lowest BCUT2D eigenvalue weighted by molar-refractivity contribution is 0.183. The number of rotatable bonds is 5. The Balaban J connectivity index is 2.55. The molecule has 0 fully saturated rings. The van der Waals surface area contributed by atoms with Crippen LogP contribution >= 0.6 is 0 Å². The zero-order valence-electron chi connectivity index (χ0n) is 10.3. The van der Waals surface area contributed by atoms with Crippen molar-refractivity contribution >= 4 is 11.0 Å². The minimum absolute atomic E-state index is 0.0800. The second-order valence-corrected chi connectivity index (χ2v) is 3.98. The highest BCUT2D eigenvalue weighted by molar-refractivity contribution is 5.82. The van der Waals surface area contributed by atoms with Crippen LogP contribution in [0.3, 0.4) is 0 Å². The standard InChI is InChI=1S/C13H15F2NO2/c1-3-16-6-12-10(7-17-2)9-4-8(14)5-11(15)13(9)18-12/h4-5,16H,3,6-7H2,1-2H3. The van der Waals surface area contributed by atoms with E-state index in [4.69, 9.17) is 9.15 Å². The fourth-order valence-corrected chi connectivity index (χ4v) is 1.91. The van der Waals surface area contributed by atoms with Gasteiger partial charge >= 0.3 is 0 Å². The van der Waals surface area contributed by atoms with Gasteiger partial charge in [0.1, 0.15) is 11.6 Å². The number of hydrogen-bond acceptors (Lipinski definition) is 3. The number of benzene rings is 1. The summed E-state index contributed by atoms with van der Waals surface area (Å²) in [6.07, 6.45) is 0. The summed E-state index contributed by atoms with van der Waals surface area (Å²) >= 11 is 0. The fraction of sp³-hybridized carbons (Fsp3) is 0.385. The van der Waals surface area contributed by atoms with Gasteiger partial charge in [0.15, 0.2) is 11.4 Å². The average Bonchev–Trinajstić information content (AvgIpc) is 2.66. The largest absolute Gasteiger partial charge is 0.456 e. The van der Waals surface area contributed by atoms with Crippen LogP contribution in [-0.4, -0.2) is 13.7 Å². The van der Waals surface area contributed by atoms with E-state index in [2.05, 4.69) is 5.32 Å². The van der Waals surface area contributed by atoms with Crippen molar-refractivity contribution in [3.05, 3.63) is 35.1 Å². The van der Waals surface area contributed by atoms with Crippen molar-refractivity contribution in [2.45, 2.75) is 20.1 Å². The molecule has 0 atom stereocenters. The summed E-state index contributed by atoms with van der Waals surface area (Å²) in [5.41, 5.74) is 0.767. The van der Waals surface area contributed by atoms with Crippen molar-refractivity contribution in [1.29, 1.82) is 0 Å². The molecular weight excluding hydrogens is 240 g/mol. The maximum absolute atomic E-state index is 13.6. The van der Waals surface area contributed by atoms with Crippen LogP contribution in [0.1, 0.15) is 18.2 Å². The van der Waals surface area contributed by atoms with Crippen molar-refractivity contribution in [3.8, 4) is 0 Å². The van der Waals surface area contributed by atoms with Gasteiger partial charge in [0.2, 0.25) is 0 Å². The van der Waals surface area contributed by atoms with Crippen molar-refractivity contribution in [2.24, 2.45) is 0 Å². The zero-order chi connectivity index (χ0) is 13.1. The van der Waals surface area contributed by atoms with Crippen molar-refractivity contribution in [1.82, 2.24) is 5.32 Å². The molecule has 18 heavy (non-hydrogen) atoms. The molecule has 3 nitrogen and oxygen atoms in total. The molecule has 98 valence electrons. The summed E-state index contributed by atoms with van der Waals surface area (Å²) in [5, 5.41) is 3.53. The molecule has 1 N–H and O–H groups in total. The molecule has 0 radical (unpaired) electrons. The van der Waals surface area contributed by atoms with Crippen LogP contribution in [-0.2, 0) is 17.9 Å². The summed E-state index contributed by atoms with van der Waals surface area (Å²) in [5.74, 6) is -0.726. The van der Waals surface area contributed by atoms with Gasteiger partial charge in [-0.05, 0) is 12.6 Å². The molecule has 0 spiro atoms. The van der Waals surface area contributed by atoms with Crippen LogP contribution < -0.4 is 5.32 Å². The first-order chi connectivity index (χ1) is 8.67. The molecule has 1 heterocycles. The molecule has 0 amide bonds. The Morgan fingerprint density at radius 3 is 2.78 bits per heavy atom. The third kappa shape index (κ3) is 2.37. The maximum Gasteiger partial charge on any atom is 0.170 e. The molecule has 5 heteroatoms. The van der Waals surface area contributed by atoms with Gasteiger partial charge in [-0.2, -0.15) is 0 Å². The number of nitrogens with one attached hydrogen (secondary N) is 1. The van der Waals surface area contributed by atoms with E-state index in [1.807, 2.05) is 6.92 Å². The van der Waals surface area contributed by atoms with Gasteiger partial charge in [-0.1, -0.05) is 6.92 Å². The molecular formula is C13H15F2NO2. The molecule has 2 aromatic rings. The first-order valence-corrected chi connectivity index (χ1v) is 5.76. The normalized spacial score (nSPS) is 11.3. The molecule has 0 unspecified atom stereocenters. The van der Waals surface area contributed by atoms with Crippen LogP contribution in [0.2, 0.25) is 0 Å². The Bertz CT molecular complexity index is 551. The third-order valence-electron chi connectivity index (χ3n) is 2.72. The first-order valence-electron chi connectivity index (χ1n) is 5.76. The number of halogens is 2. The van der Waals surface area contributed by atoms with E-state index in [1.54, 1.807) is 0 Å². The molecule has 0 aliphatic rings. The lowest BCUT2D eigenvalue weighted by Crippen LogP contribution is -2.12. The van der Waals surface area contributed by atoms with E-state index in [9.17, 15) is 8.78 Å². The van der Waals surface area contributed by atoms with Gasteiger partial charge in [-0.25, -0.2) is 8.78 Å². The van der Waals surface area contributed by atoms with Gasteiger partial charge in [0, 0.05) is 24.1 Å². The molecule has 1 aromatic heterocycles. The number of ether oxygens (including phenoxy) is 1. The minimum Gasteiger partial charge on any atom is -0.456 e. The van der Waals surface area contributed by atoms with Crippen LogP contribution in [0.4, 0.5) is 8.78 Å². The van der Waals surface area contributed by atoms with Crippen LogP contribution in [0.15, 0.2) is 16.5 Å². The molecule has 0 saturated carbocycles.